The Balaban J connectivity index is 3.00. The van der Waals surface area contributed by atoms with Crippen LogP contribution < -0.4 is 0 Å². The first kappa shape index (κ1) is 8.77. The summed E-state index contributed by atoms with van der Waals surface area (Å²) in [6.07, 6.45) is -0.482. The zero-order valence-electron chi connectivity index (χ0n) is 7.21. The van der Waals surface area contributed by atoms with Crippen LogP contribution in [0.25, 0.3) is 0 Å². The Bertz CT molecular complexity index is 264. The van der Waals surface area contributed by atoms with Crippen molar-refractivity contribution in [2.24, 2.45) is 0 Å². The van der Waals surface area contributed by atoms with Crippen molar-refractivity contribution in [2.45, 2.75) is 20.0 Å². The van der Waals surface area contributed by atoms with Crippen LogP contribution in [0.2, 0.25) is 0 Å². The van der Waals surface area contributed by atoms with Crippen molar-refractivity contribution in [3.05, 3.63) is 11.1 Å². The number of cyclic esters (lactones) is 1. The van der Waals surface area contributed by atoms with Crippen LogP contribution in [0.5, 0.6) is 0 Å². The van der Waals surface area contributed by atoms with Crippen LogP contribution in [-0.4, -0.2) is 25.2 Å². The minimum absolute atomic E-state index is 0.322. The number of carbonyl (C=O) groups excluding carboxylic acids is 2. The minimum atomic E-state index is -0.495. The molecule has 0 spiro atoms. The summed E-state index contributed by atoms with van der Waals surface area (Å²) in [6, 6.07) is 0. The standard InChI is InChI=1S/C8H10O4/c1-4-6(8(10)11-3)5(2)12-7(4)9/h5H,1-3H3. The number of rotatable bonds is 1. The van der Waals surface area contributed by atoms with E-state index in [9.17, 15) is 9.59 Å². The Morgan fingerprint density at radius 1 is 1.58 bits per heavy atom. The first-order valence-corrected chi connectivity index (χ1v) is 3.58. The highest BCUT2D eigenvalue weighted by Gasteiger charge is 2.33. The molecule has 1 aliphatic rings. The molecule has 4 heteroatoms. The third kappa shape index (κ3) is 1.20. The Kier molecular flexibility index (Phi) is 2.17. The average Bonchev–Trinajstić information content (AvgIpc) is 2.26. The number of esters is 2. The van der Waals surface area contributed by atoms with Crippen LogP contribution in [0.15, 0.2) is 11.1 Å². The van der Waals surface area contributed by atoms with Gasteiger partial charge in [-0.3, -0.25) is 0 Å². The second-order valence-corrected chi connectivity index (χ2v) is 2.58. The lowest BCUT2D eigenvalue weighted by Crippen LogP contribution is -2.14. The van der Waals surface area contributed by atoms with E-state index in [-0.39, 0.29) is 0 Å². The van der Waals surface area contributed by atoms with E-state index in [2.05, 4.69) is 4.74 Å². The molecule has 1 rings (SSSR count). The summed E-state index contributed by atoms with van der Waals surface area (Å²) in [4.78, 5) is 22.0. The van der Waals surface area contributed by atoms with Gasteiger partial charge in [-0.2, -0.15) is 0 Å². The molecule has 66 valence electrons. The van der Waals surface area contributed by atoms with Crippen molar-refractivity contribution in [3.63, 3.8) is 0 Å². The van der Waals surface area contributed by atoms with Gasteiger partial charge < -0.3 is 9.47 Å². The molecule has 0 aliphatic carbocycles. The topological polar surface area (TPSA) is 52.6 Å². The predicted octanol–water partition coefficient (Wildman–Crippen LogP) is 0.421. The summed E-state index contributed by atoms with van der Waals surface area (Å²) in [6.45, 7) is 3.19. The lowest BCUT2D eigenvalue weighted by Gasteiger charge is -2.05. The van der Waals surface area contributed by atoms with Crippen molar-refractivity contribution in [1.29, 1.82) is 0 Å². The van der Waals surface area contributed by atoms with Crippen LogP contribution in [0.3, 0.4) is 0 Å². The van der Waals surface area contributed by atoms with Crippen LogP contribution in [0.1, 0.15) is 13.8 Å². The molecule has 4 nitrogen and oxygen atoms in total. The minimum Gasteiger partial charge on any atom is -0.466 e. The molecule has 12 heavy (non-hydrogen) atoms. The number of carbonyl (C=O) groups is 2. The van der Waals surface area contributed by atoms with Crippen molar-refractivity contribution in [3.8, 4) is 0 Å². The molecular formula is C8H10O4. The van der Waals surface area contributed by atoms with Crippen molar-refractivity contribution in [1.82, 2.24) is 0 Å². The van der Waals surface area contributed by atoms with E-state index in [0.717, 1.165) is 0 Å². The molecular weight excluding hydrogens is 160 g/mol. The molecule has 1 heterocycles. The fourth-order valence-electron chi connectivity index (χ4n) is 1.15. The zero-order chi connectivity index (χ0) is 9.30. The number of hydrogen-bond donors (Lipinski definition) is 0. The molecule has 0 radical (unpaired) electrons. The van der Waals surface area contributed by atoms with E-state index in [0.29, 0.717) is 11.1 Å². The number of methoxy groups -OCH3 is 1. The van der Waals surface area contributed by atoms with Gasteiger partial charge in [0.2, 0.25) is 0 Å². The smallest absolute Gasteiger partial charge is 0.338 e. The van der Waals surface area contributed by atoms with Gasteiger partial charge in [0, 0.05) is 5.57 Å². The second-order valence-electron chi connectivity index (χ2n) is 2.58. The highest BCUT2D eigenvalue weighted by Crippen LogP contribution is 2.22. The van der Waals surface area contributed by atoms with Gasteiger partial charge in [-0.1, -0.05) is 0 Å². The summed E-state index contributed by atoms with van der Waals surface area (Å²) in [7, 11) is 1.28. The van der Waals surface area contributed by atoms with Crippen LogP contribution >= 0.6 is 0 Å². The Labute approximate surface area is 70.1 Å². The van der Waals surface area contributed by atoms with E-state index < -0.39 is 18.0 Å². The zero-order valence-corrected chi connectivity index (χ0v) is 7.21. The van der Waals surface area contributed by atoms with E-state index in [1.54, 1.807) is 13.8 Å². The first-order chi connectivity index (χ1) is 5.57. The lowest BCUT2D eigenvalue weighted by molar-refractivity contribution is -0.140. The van der Waals surface area contributed by atoms with Crippen molar-refractivity contribution < 1.29 is 19.1 Å². The molecule has 0 saturated carbocycles. The van der Waals surface area contributed by atoms with Gasteiger partial charge in [0.05, 0.1) is 12.7 Å². The molecule has 0 amide bonds. The van der Waals surface area contributed by atoms with Gasteiger partial charge in [0.1, 0.15) is 6.10 Å². The fraction of sp³-hybridized carbons (Fsp3) is 0.500. The summed E-state index contributed by atoms with van der Waals surface area (Å²) in [5.74, 6) is -0.936. The van der Waals surface area contributed by atoms with Gasteiger partial charge in [-0.25, -0.2) is 9.59 Å². The molecule has 1 aliphatic heterocycles. The highest BCUT2D eigenvalue weighted by molar-refractivity contribution is 6.03. The third-order valence-corrected chi connectivity index (χ3v) is 1.81. The number of ether oxygens (including phenoxy) is 2. The monoisotopic (exact) mass is 170 g/mol. The summed E-state index contributed by atoms with van der Waals surface area (Å²) >= 11 is 0. The van der Waals surface area contributed by atoms with Crippen LogP contribution in [0, 0.1) is 0 Å². The summed E-state index contributed by atoms with van der Waals surface area (Å²) in [5, 5.41) is 0. The molecule has 0 aromatic carbocycles. The predicted molar refractivity (Wildman–Crippen MR) is 40.3 cm³/mol. The average molecular weight is 170 g/mol. The quantitative estimate of drug-likeness (QED) is 0.535. The molecule has 0 aromatic rings. The summed E-state index contributed by atoms with van der Waals surface area (Å²) in [5.41, 5.74) is 0.664. The van der Waals surface area contributed by atoms with Crippen molar-refractivity contribution >= 4 is 11.9 Å². The molecule has 0 N–H and O–H groups in total. The second kappa shape index (κ2) is 2.97. The Hall–Kier alpha value is -1.32. The van der Waals surface area contributed by atoms with Crippen molar-refractivity contribution in [2.75, 3.05) is 7.11 Å². The molecule has 1 atom stereocenters. The van der Waals surface area contributed by atoms with E-state index in [4.69, 9.17) is 4.74 Å². The largest absolute Gasteiger partial charge is 0.466 e. The highest BCUT2D eigenvalue weighted by atomic mass is 16.6. The van der Waals surface area contributed by atoms with E-state index in [1.165, 1.54) is 7.11 Å². The van der Waals surface area contributed by atoms with Gasteiger partial charge in [-0.15, -0.1) is 0 Å². The van der Waals surface area contributed by atoms with E-state index >= 15 is 0 Å². The Morgan fingerprint density at radius 3 is 2.50 bits per heavy atom. The fourth-order valence-corrected chi connectivity index (χ4v) is 1.15. The van der Waals surface area contributed by atoms with Crippen LogP contribution in [-0.2, 0) is 19.1 Å². The number of hydrogen-bond acceptors (Lipinski definition) is 4. The maximum Gasteiger partial charge on any atom is 0.338 e. The Morgan fingerprint density at radius 2 is 2.17 bits per heavy atom. The molecule has 0 bridgehead atoms. The molecule has 0 saturated heterocycles. The normalized spacial score (nSPS) is 22.6. The lowest BCUT2D eigenvalue weighted by atomic mass is 10.1. The van der Waals surface area contributed by atoms with E-state index in [1.807, 2.05) is 0 Å². The molecule has 0 fully saturated rings. The van der Waals surface area contributed by atoms with Gasteiger partial charge in [0.15, 0.2) is 0 Å². The maximum absolute atomic E-state index is 11.1. The van der Waals surface area contributed by atoms with Gasteiger partial charge in [-0.05, 0) is 13.8 Å². The van der Waals surface area contributed by atoms with Crippen LogP contribution in [0.4, 0.5) is 0 Å². The third-order valence-electron chi connectivity index (χ3n) is 1.81. The molecule has 1 unspecified atom stereocenters. The van der Waals surface area contributed by atoms with Gasteiger partial charge in [0.25, 0.3) is 0 Å². The SMILES string of the molecule is COC(=O)C1=C(C)C(=O)OC1C. The molecule has 0 aromatic heterocycles. The maximum atomic E-state index is 11.1. The first-order valence-electron chi connectivity index (χ1n) is 3.58. The van der Waals surface area contributed by atoms with Gasteiger partial charge >= 0.3 is 11.9 Å². The summed E-state index contributed by atoms with van der Waals surface area (Å²) < 4.78 is 9.29.